The average molecular weight is 408 g/mol. The first kappa shape index (κ1) is 21.0. The smallest absolute Gasteiger partial charge is 0.329 e. The number of aryl methyl sites for hydroxylation is 2. The number of carbonyl (C=O) groups is 3. The van der Waals surface area contributed by atoms with Gasteiger partial charge in [0.1, 0.15) is 5.75 Å². The highest BCUT2D eigenvalue weighted by atomic mass is 16.5. The van der Waals surface area contributed by atoms with E-state index in [4.69, 9.17) is 4.74 Å². The zero-order chi connectivity index (χ0) is 21.5. The minimum atomic E-state index is -0.798. The van der Waals surface area contributed by atoms with Crippen molar-refractivity contribution < 1.29 is 19.1 Å². The number of carbonyl (C=O) groups excluding carboxylic acids is 3. The molecule has 2 aromatic carbocycles. The lowest BCUT2D eigenvalue weighted by atomic mass is 10.1. The Morgan fingerprint density at radius 3 is 2.47 bits per heavy atom. The van der Waals surface area contributed by atoms with Gasteiger partial charge in [0.15, 0.2) is 6.61 Å². The van der Waals surface area contributed by atoms with E-state index in [1.807, 2.05) is 32.0 Å². The lowest BCUT2D eigenvalue weighted by molar-refractivity contribution is -0.139. The Kier molecular flexibility index (Phi) is 6.79. The van der Waals surface area contributed by atoms with Crippen LogP contribution in [0.4, 0.5) is 5.69 Å². The molecule has 0 unspecified atom stereocenters. The number of nitrogens with zero attached hydrogens (tertiary/aromatic N) is 1. The molecule has 0 bridgehead atoms. The summed E-state index contributed by atoms with van der Waals surface area (Å²) < 4.78 is 5.50. The van der Waals surface area contributed by atoms with E-state index in [0.29, 0.717) is 11.3 Å². The van der Waals surface area contributed by atoms with Crippen LogP contribution in [0.25, 0.3) is 0 Å². The number of nitrogens with one attached hydrogen (secondary N) is 3. The molecule has 1 aliphatic carbocycles. The van der Waals surface area contributed by atoms with Gasteiger partial charge in [0, 0.05) is 11.7 Å². The van der Waals surface area contributed by atoms with Gasteiger partial charge in [-0.2, -0.15) is 5.10 Å². The average Bonchev–Trinajstić information content (AvgIpc) is 3.53. The first-order valence-electron chi connectivity index (χ1n) is 9.64. The molecule has 0 spiro atoms. The molecule has 1 fully saturated rings. The molecular weight excluding hydrogens is 384 g/mol. The number of amides is 3. The molecule has 1 saturated carbocycles. The lowest BCUT2D eigenvalue weighted by Gasteiger charge is -2.10. The summed E-state index contributed by atoms with van der Waals surface area (Å²) in [6.07, 6.45) is 3.23. The SMILES string of the molecule is Cc1ccc(NC(=O)COc2ccc(/C=N\NC(=O)C(=O)NC3CC3)cc2)c(C)c1. The number of ether oxygens (including phenoxy) is 1. The fourth-order valence-electron chi connectivity index (χ4n) is 2.63. The Labute approximate surface area is 174 Å². The third kappa shape index (κ3) is 6.44. The van der Waals surface area contributed by atoms with E-state index in [0.717, 1.165) is 29.7 Å². The molecule has 0 aromatic heterocycles. The summed E-state index contributed by atoms with van der Waals surface area (Å²) in [7, 11) is 0. The summed E-state index contributed by atoms with van der Waals surface area (Å²) >= 11 is 0. The number of benzene rings is 2. The van der Waals surface area contributed by atoms with Crippen molar-refractivity contribution in [1.29, 1.82) is 0 Å². The predicted molar refractivity (Wildman–Crippen MR) is 113 cm³/mol. The molecule has 30 heavy (non-hydrogen) atoms. The lowest BCUT2D eigenvalue weighted by Crippen LogP contribution is -2.38. The van der Waals surface area contributed by atoms with Gasteiger partial charge in [-0.25, -0.2) is 5.43 Å². The standard InChI is InChI=1S/C22H24N4O4/c1-14-3-10-19(15(2)11-14)25-20(27)13-30-18-8-4-16(5-9-18)12-23-26-22(29)21(28)24-17-6-7-17/h3-5,8-12,17H,6-7,13H2,1-2H3,(H,24,28)(H,25,27)(H,26,29)/b23-12-. The van der Waals surface area contributed by atoms with Gasteiger partial charge < -0.3 is 15.4 Å². The summed E-state index contributed by atoms with van der Waals surface area (Å²) in [5.41, 5.74) is 5.76. The van der Waals surface area contributed by atoms with Crippen molar-refractivity contribution in [2.45, 2.75) is 32.7 Å². The van der Waals surface area contributed by atoms with Gasteiger partial charge in [0.25, 0.3) is 5.91 Å². The van der Waals surface area contributed by atoms with Crippen molar-refractivity contribution in [1.82, 2.24) is 10.7 Å². The van der Waals surface area contributed by atoms with Crippen molar-refractivity contribution in [3.8, 4) is 5.75 Å². The van der Waals surface area contributed by atoms with Crippen LogP contribution in [-0.2, 0) is 14.4 Å². The monoisotopic (exact) mass is 408 g/mol. The van der Waals surface area contributed by atoms with Crippen molar-refractivity contribution in [3.05, 3.63) is 59.2 Å². The molecule has 0 atom stereocenters. The second-order valence-electron chi connectivity index (χ2n) is 7.17. The molecule has 156 valence electrons. The predicted octanol–water partition coefficient (Wildman–Crippen LogP) is 2.05. The molecule has 0 heterocycles. The normalized spacial score (nSPS) is 13.0. The molecule has 8 heteroatoms. The van der Waals surface area contributed by atoms with E-state index in [-0.39, 0.29) is 18.6 Å². The number of rotatable bonds is 7. The fraction of sp³-hybridized carbons (Fsp3) is 0.273. The van der Waals surface area contributed by atoms with Crippen LogP contribution in [0.15, 0.2) is 47.6 Å². The quantitative estimate of drug-likeness (QED) is 0.370. The van der Waals surface area contributed by atoms with Crippen LogP contribution in [0.1, 0.15) is 29.5 Å². The molecule has 3 amide bonds. The summed E-state index contributed by atoms with van der Waals surface area (Å²) in [5, 5.41) is 9.17. The van der Waals surface area contributed by atoms with Gasteiger partial charge >= 0.3 is 11.8 Å². The minimum Gasteiger partial charge on any atom is -0.484 e. The number of hydrogen-bond acceptors (Lipinski definition) is 5. The largest absolute Gasteiger partial charge is 0.484 e. The van der Waals surface area contributed by atoms with Gasteiger partial charge in [-0.15, -0.1) is 0 Å². The second kappa shape index (κ2) is 9.69. The van der Waals surface area contributed by atoms with E-state index in [1.165, 1.54) is 6.21 Å². The molecule has 0 aliphatic heterocycles. The van der Waals surface area contributed by atoms with Crippen molar-refractivity contribution >= 4 is 29.6 Å². The van der Waals surface area contributed by atoms with Gasteiger partial charge in [-0.1, -0.05) is 17.7 Å². The van der Waals surface area contributed by atoms with Crippen LogP contribution in [0.2, 0.25) is 0 Å². The van der Waals surface area contributed by atoms with E-state index < -0.39 is 11.8 Å². The van der Waals surface area contributed by atoms with Gasteiger partial charge in [0.05, 0.1) is 6.21 Å². The topological polar surface area (TPSA) is 109 Å². The highest BCUT2D eigenvalue weighted by molar-refractivity contribution is 6.35. The molecule has 3 rings (SSSR count). The second-order valence-corrected chi connectivity index (χ2v) is 7.17. The van der Waals surface area contributed by atoms with E-state index in [2.05, 4.69) is 21.2 Å². The van der Waals surface area contributed by atoms with Gasteiger partial charge in [0.2, 0.25) is 0 Å². The summed E-state index contributed by atoms with van der Waals surface area (Å²) in [4.78, 5) is 35.2. The molecule has 0 radical (unpaired) electrons. The van der Waals surface area contributed by atoms with Crippen LogP contribution in [0, 0.1) is 13.8 Å². The van der Waals surface area contributed by atoms with Gasteiger partial charge in [-0.05, 0) is 68.1 Å². The maximum Gasteiger partial charge on any atom is 0.329 e. The Morgan fingerprint density at radius 1 is 1.07 bits per heavy atom. The first-order chi connectivity index (χ1) is 14.4. The highest BCUT2D eigenvalue weighted by Crippen LogP contribution is 2.18. The number of hydrazone groups is 1. The fourth-order valence-corrected chi connectivity index (χ4v) is 2.63. The molecular formula is C22H24N4O4. The molecule has 8 nitrogen and oxygen atoms in total. The van der Waals surface area contributed by atoms with Crippen molar-refractivity contribution in [2.75, 3.05) is 11.9 Å². The van der Waals surface area contributed by atoms with E-state index in [9.17, 15) is 14.4 Å². The third-order valence-corrected chi connectivity index (χ3v) is 4.40. The van der Waals surface area contributed by atoms with E-state index in [1.54, 1.807) is 24.3 Å². The summed E-state index contributed by atoms with van der Waals surface area (Å²) in [6.45, 7) is 3.81. The Balaban J connectivity index is 1.42. The Bertz CT molecular complexity index is 966. The summed E-state index contributed by atoms with van der Waals surface area (Å²) in [6, 6.07) is 12.7. The third-order valence-electron chi connectivity index (χ3n) is 4.40. The zero-order valence-electron chi connectivity index (χ0n) is 16.9. The Hall–Kier alpha value is -3.68. The van der Waals surface area contributed by atoms with Crippen LogP contribution >= 0.6 is 0 Å². The van der Waals surface area contributed by atoms with Crippen LogP contribution in [-0.4, -0.2) is 36.6 Å². The zero-order valence-corrected chi connectivity index (χ0v) is 16.9. The van der Waals surface area contributed by atoms with Crippen molar-refractivity contribution in [2.24, 2.45) is 5.10 Å². The van der Waals surface area contributed by atoms with Gasteiger partial charge in [-0.3, -0.25) is 14.4 Å². The first-order valence-corrected chi connectivity index (χ1v) is 9.64. The van der Waals surface area contributed by atoms with Crippen LogP contribution in [0.5, 0.6) is 5.75 Å². The van der Waals surface area contributed by atoms with Crippen LogP contribution < -0.4 is 20.8 Å². The Morgan fingerprint density at radius 2 is 1.80 bits per heavy atom. The van der Waals surface area contributed by atoms with Crippen LogP contribution in [0.3, 0.4) is 0 Å². The number of hydrogen-bond donors (Lipinski definition) is 3. The molecule has 3 N–H and O–H groups in total. The maximum atomic E-state index is 12.1. The molecule has 1 aliphatic rings. The molecule has 2 aromatic rings. The highest BCUT2D eigenvalue weighted by Gasteiger charge is 2.26. The number of anilines is 1. The minimum absolute atomic E-state index is 0.114. The maximum absolute atomic E-state index is 12.1. The molecule has 0 saturated heterocycles. The van der Waals surface area contributed by atoms with E-state index >= 15 is 0 Å². The van der Waals surface area contributed by atoms with Crippen molar-refractivity contribution in [3.63, 3.8) is 0 Å². The summed E-state index contributed by atoms with van der Waals surface area (Å²) in [5.74, 6) is -1.21.